The molecule has 0 N–H and O–H groups in total. The van der Waals surface area contributed by atoms with Gasteiger partial charge in [-0.05, 0) is 78.1 Å². The molecule has 0 saturated heterocycles. The van der Waals surface area contributed by atoms with Crippen LogP contribution in [0.1, 0.15) is 60.8 Å². The van der Waals surface area contributed by atoms with Crippen molar-refractivity contribution >= 4 is 26.5 Å². The second kappa shape index (κ2) is 11.5. The van der Waals surface area contributed by atoms with Gasteiger partial charge in [-0.15, -0.1) is 0 Å². The number of tetrazole rings is 1. The topological polar surface area (TPSA) is 96.2 Å². The molecule has 2 aromatic rings. The maximum absolute atomic E-state index is 13.3. The molecule has 204 valence electrons. The van der Waals surface area contributed by atoms with E-state index < -0.39 is 26.5 Å². The molecule has 0 bridgehead atoms. The predicted molar refractivity (Wildman–Crippen MR) is 150 cm³/mol. The lowest BCUT2D eigenvalue weighted by Crippen LogP contribution is -2.44. The number of hydrogen-bond donors (Lipinski definition) is 0. The van der Waals surface area contributed by atoms with Crippen molar-refractivity contribution < 1.29 is 17.3 Å². The van der Waals surface area contributed by atoms with Crippen LogP contribution in [0.3, 0.4) is 0 Å². The predicted octanol–water partition coefficient (Wildman–Crippen LogP) is 6.02. The second-order valence-electron chi connectivity index (χ2n) is 12.6. The molecule has 0 radical (unpaired) electrons. The first-order chi connectivity index (χ1) is 16.4. The van der Waals surface area contributed by atoms with Gasteiger partial charge in [-0.25, -0.2) is 8.42 Å². The van der Waals surface area contributed by atoms with E-state index in [1.165, 1.54) is 4.68 Å². The smallest absolute Gasteiger partial charge is 0.272 e. The van der Waals surface area contributed by atoms with Crippen molar-refractivity contribution in [3.8, 4) is 5.69 Å². The van der Waals surface area contributed by atoms with Crippen LogP contribution in [0.2, 0.25) is 36.3 Å². The Labute approximate surface area is 220 Å². The highest BCUT2D eigenvalue weighted by molar-refractivity contribution is 7.91. The molecule has 2 rings (SSSR count). The molecule has 1 aromatic heterocycles. The third kappa shape index (κ3) is 8.04. The highest BCUT2D eigenvalue weighted by Gasteiger charge is 2.40. The molecule has 0 unspecified atom stereocenters. The third-order valence-corrected chi connectivity index (χ3v) is 18.3. The van der Waals surface area contributed by atoms with Gasteiger partial charge < -0.3 is 8.85 Å². The molecule has 36 heavy (non-hydrogen) atoms. The summed E-state index contributed by atoms with van der Waals surface area (Å²) >= 11 is 0. The summed E-state index contributed by atoms with van der Waals surface area (Å²) in [6.07, 6.45) is 1.79. The molecule has 0 aliphatic rings. The van der Waals surface area contributed by atoms with Gasteiger partial charge in [-0.3, -0.25) is 0 Å². The van der Waals surface area contributed by atoms with Crippen LogP contribution in [-0.2, 0) is 18.7 Å². The number of rotatable bonds is 12. The zero-order valence-electron chi connectivity index (χ0n) is 23.8. The summed E-state index contributed by atoms with van der Waals surface area (Å²) in [6, 6.07) is 9.06. The first-order valence-corrected chi connectivity index (χ1v) is 20.2. The summed E-state index contributed by atoms with van der Waals surface area (Å²) in [4.78, 5) is 0. The fraction of sp³-hybridized carbons (Fsp3) is 0.720. The number of nitrogens with zero attached hydrogens (tertiary/aromatic N) is 4. The summed E-state index contributed by atoms with van der Waals surface area (Å²) in [7, 11) is -7.64. The Morgan fingerprint density at radius 3 is 2.06 bits per heavy atom. The summed E-state index contributed by atoms with van der Waals surface area (Å²) in [5.41, 5.74) is 0.609. The third-order valence-electron chi connectivity index (χ3n) is 7.64. The zero-order valence-corrected chi connectivity index (χ0v) is 26.6. The molecular formula is C25H46N4O4SSi2. The minimum atomic E-state index is -3.72. The van der Waals surface area contributed by atoms with E-state index in [1.54, 1.807) is 12.1 Å². The molecule has 1 aromatic carbocycles. The largest absolute Gasteiger partial charge is 0.417 e. The van der Waals surface area contributed by atoms with E-state index in [0.29, 0.717) is 18.7 Å². The summed E-state index contributed by atoms with van der Waals surface area (Å²) in [5, 5.41) is 11.4. The summed E-state index contributed by atoms with van der Waals surface area (Å²) in [6.45, 7) is 22.9. The van der Waals surface area contributed by atoms with Crippen molar-refractivity contribution in [2.75, 3.05) is 12.4 Å². The number of hydrogen-bond acceptors (Lipinski definition) is 7. The van der Waals surface area contributed by atoms with Gasteiger partial charge in [0, 0.05) is 12.7 Å². The molecule has 0 saturated carbocycles. The quantitative estimate of drug-likeness (QED) is 0.234. The minimum Gasteiger partial charge on any atom is -0.417 e. The van der Waals surface area contributed by atoms with Crippen molar-refractivity contribution in [1.29, 1.82) is 0 Å². The molecule has 0 aliphatic heterocycles. The van der Waals surface area contributed by atoms with Crippen LogP contribution in [0.4, 0.5) is 0 Å². The van der Waals surface area contributed by atoms with Crippen LogP contribution in [0.5, 0.6) is 0 Å². The van der Waals surface area contributed by atoms with E-state index in [2.05, 4.69) is 83.3 Å². The zero-order chi connectivity index (χ0) is 27.4. The lowest BCUT2D eigenvalue weighted by Gasteiger charge is -2.39. The highest BCUT2D eigenvalue weighted by Crippen LogP contribution is 2.39. The lowest BCUT2D eigenvalue weighted by atomic mass is 10.1. The second-order valence-corrected chi connectivity index (χ2v) is 24.1. The summed E-state index contributed by atoms with van der Waals surface area (Å²) in [5.74, 6) is -0.0808. The van der Waals surface area contributed by atoms with Gasteiger partial charge in [0.15, 0.2) is 16.6 Å². The van der Waals surface area contributed by atoms with Crippen molar-refractivity contribution in [2.45, 2.75) is 108 Å². The summed E-state index contributed by atoms with van der Waals surface area (Å²) < 4.78 is 40.9. The Morgan fingerprint density at radius 2 is 1.50 bits per heavy atom. The number of benzene rings is 1. The average Bonchev–Trinajstić information content (AvgIpc) is 3.25. The molecule has 0 amide bonds. The highest BCUT2D eigenvalue weighted by atomic mass is 32.2. The van der Waals surface area contributed by atoms with E-state index in [0.717, 1.165) is 12.8 Å². The first kappa shape index (κ1) is 30.8. The van der Waals surface area contributed by atoms with Crippen LogP contribution in [-0.4, -0.2) is 63.7 Å². The van der Waals surface area contributed by atoms with Gasteiger partial charge in [-0.2, -0.15) is 4.68 Å². The van der Waals surface area contributed by atoms with Crippen LogP contribution < -0.4 is 0 Å². The molecule has 0 aliphatic carbocycles. The maximum atomic E-state index is 13.3. The van der Waals surface area contributed by atoms with Gasteiger partial charge >= 0.3 is 0 Å². The average molecular weight is 555 g/mol. The van der Waals surface area contributed by atoms with Crippen molar-refractivity contribution in [1.82, 2.24) is 20.2 Å². The van der Waals surface area contributed by atoms with E-state index >= 15 is 0 Å². The first-order valence-electron chi connectivity index (χ1n) is 12.8. The van der Waals surface area contributed by atoms with Crippen molar-refractivity contribution in [3.05, 3.63) is 30.3 Å². The molecule has 1 heterocycles. The van der Waals surface area contributed by atoms with Crippen molar-refractivity contribution in [3.63, 3.8) is 0 Å². The van der Waals surface area contributed by atoms with Crippen molar-refractivity contribution in [2.24, 2.45) is 0 Å². The maximum Gasteiger partial charge on any atom is 0.272 e. The van der Waals surface area contributed by atoms with Crippen LogP contribution >= 0.6 is 0 Å². The van der Waals surface area contributed by atoms with E-state index in [-0.39, 0.29) is 27.1 Å². The lowest BCUT2D eigenvalue weighted by molar-refractivity contribution is 0.154. The molecule has 0 fully saturated rings. The molecule has 1 atom stereocenters. The number of aromatic nitrogens is 4. The van der Waals surface area contributed by atoms with Gasteiger partial charge in [-0.1, -0.05) is 64.8 Å². The van der Waals surface area contributed by atoms with E-state index in [4.69, 9.17) is 8.85 Å². The van der Waals surface area contributed by atoms with Gasteiger partial charge in [0.1, 0.15) is 0 Å². The fourth-order valence-corrected chi connectivity index (χ4v) is 7.02. The molecule has 11 heteroatoms. The Hall–Kier alpha value is -1.41. The van der Waals surface area contributed by atoms with Gasteiger partial charge in [0.2, 0.25) is 9.84 Å². The molecular weight excluding hydrogens is 509 g/mol. The minimum absolute atomic E-state index is 0.0270. The van der Waals surface area contributed by atoms with Gasteiger partial charge in [0.25, 0.3) is 5.16 Å². The van der Waals surface area contributed by atoms with Gasteiger partial charge in [0.05, 0.1) is 11.4 Å². The Kier molecular flexibility index (Phi) is 9.88. The number of para-hydroxylation sites is 1. The Morgan fingerprint density at radius 1 is 0.917 bits per heavy atom. The van der Waals surface area contributed by atoms with Crippen LogP contribution in [0, 0.1) is 0 Å². The van der Waals surface area contributed by atoms with Crippen LogP contribution in [0.15, 0.2) is 35.5 Å². The number of sulfone groups is 1. The monoisotopic (exact) mass is 554 g/mol. The fourth-order valence-electron chi connectivity index (χ4n) is 3.19. The Balaban J connectivity index is 2.14. The van der Waals surface area contributed by atoms with E-state index in [1.807, 2.05) is 18.2 Å². The normalized spacial score (nSPS) is 14.7. The standard InChI is InChI=1S/C25H46N4O4SSi2/c1-24(2,3)35(7,8)32-19-14-17-22(33-36(9,10)25(4,5)6)18-20-34(30,31)23-26-27-28-29(23)21-15-12-11-13-16-21/h11-13,15-16,22H,14,17-20H2,1-10H3/t22-/m1/s1. The molecule has 8 nitrogen and oxygen atoms in total. The Bertz CT molecular complexity index is 1080. The molecule has 0 spiro atoms. The SMILES string of the molecule is CC(C)(C)[Si](C)(C)OCCC[C@H](CCS(=O)(=O)c1nnnn1-c1ccccc1)O[Si](C)(C)C(C)(C)C. The van der Waals surface area contributed by atoms with E-state index in [9.17, 15) is 8.42 Å². The van der Waals surface area contributed by atoms with Crippen LogP contribution in [0.25, 0.3) is 5.69 Å².